The number of aromatic nitrogens is 2. The van der Waals surface area contributed by atoms with Crippen molar-refractivity contribution in [3.05, 3.63) is 45.7 Å². The van der Waals surface area contributed by atoms with Gasteiger partial charge in [-0.3, -0.25) is 14.3 Å². The molecule has 1 aromatic heterocycles. The first kappa shape index (κ1) is 14.5. The number of carboxylic acid groups (broad SMARTS) is 1. The molecule has 6 nitrogen and oxygen atoms in total. The number of hydrogen-bond donors (Lipinski definition) is 2. The Morgan fingerprint density at radius 2 is 2.20 bits per heavy atom. The number of amides is 1. The minimum absolute atomic E-state index is 0.270. The molecule has 0 fully saturated rings. The Morgan fingerprint density at radius 1 is 1.45 bits per heavy atom. The van der Waals surface area contributed by atoms with Crippen LogP contribution in [0.5, 0.6) is 0 Å². The molecule has 2 N–H and O–H groups in total. The number of nitrogens with one attached hydrogen (secondary N) is 1. The molecule has 2 rings (SSSR count). The number of carboxylic acids is 1. The molecule has 0 aliphatic carbocycles. The zero-order chi connectivity index (χ0) is 14.7. The van der Waals surface area contributed by atoms with Crippen molar-refractivity contribution in [3.63, 3.8) is 0 Å². The van der Waals surface area contributed by atoms with E-state index >= 15 is 0 Å². The van der Waals surface area contributed by atoms with Crippen molar-refractivity contribution in [1.82, 2.24) is 9.78 Å². The molecule has 0 aliphatic rings. The van der Waals surface area contributed by atoms with Gasteiger partial charge in [-0.05, 0) is 18.2 Å². The first-order valence-corrected chi connectivity index (χ1v) is 6.63. The highest BCUT2D eigenvalue weighted by atomic mass is 79.9. The number of halogens is 2. The summed E-state index contributed by atoms with van der Waals surface area (Å²) in [7, 11) is 0. The molecule has 0 aliphatic heterocycles. The van der Waals surface area contributed by atoms with Crippen molar-refractivity contribution in [1.29, 1.82) is 0 Å². The molecule has 20 heavy (non-hydrogen) atoms. The molecule has 0 saturated carbocycles. The van der Waals surface area contributed by atoms with Crippen LogP contribution in [0.15, 0.2) is 35.1 Å². The van der Waals surface area contributed by atoms with Crippen LogP contribution < -0.4 is 5.32 Å². The van der Waals surface area contributed by atoms with Crippen LogP contribution in [0, 0.1) is 0 Å². The summed E-state index contributed by atoms with van der Waals surface area (Å²) < 4.78 is 1.94. The number of benzene rings is 1. The minimum atomic E-state index is -1.01. The maximum absolute atomic E-state index is 12.0. The summed E-state index contributed by atoms with van der Waals surface area (Å²) in [4.78, 5) is 22.6. The van der Waals surface area contributed by atoms with E-state index in [9.17, 15) is 9.59 Å². The molecule has 8 heteroatoms. The molecule has 0 bridgehead atoms. The van der Waals surface area contributed by atoms with E-state index in [0.29, 0.717) is 16.3 Å². The van der Waals surface area contributed by atoms with Gasteiger partial charge >= 0.3 is 5.97 Å². The second kappa shape index (κ2) is 6.06. The Kier molecular flexibility index (Phi) is 4.41. The van der Waals surface area contributed by atoms with Gasteiger partial charge in [0.15, 0.2) is 0 Å². The standard InChI is InChI=1S/C12H9BrClN3O3/c13-7-1-2-10(14)9(3-7)12(20)16-8-4-15-17(5-8)6-11(18)19/h1-5H,6H2,(H,16,20)(H,18,19). The maximum atomic E-state index is 12.0. The molecule has 104 valence electrons. The van der Waals surface area contributed by atoms with Gasteiger partial charge < -0.3 is 10.4 Å². The lowest BCUT2D eigenvalue weighted by atomic mass is 10.2. The number of anilines is 1. The van der Waals surface area contributed by atoms with Gasteiger partial charge in [0.2, 0.25) is 0 Å². The summed E-state index contributed by atoms with van der Waals surface area (Å²) in [5.41, 5.74) is 0.708. The first-order chi connectivity index (χ1) is 9.45. The van der Waals surface area contributed by atoms with E-state index in [0.717, 1.165) is 4.47 Å². The molecule has 0 atom stereocenters. The van der Waals surface area contributed by atoms with Crippen molar-refractivity contribution in [2.45, 2.75) is 6.54 Å². The highest BCUT2D eigenvalue weighted by Crippen LogP contribution is 2.22. The van der Waals surface area contributed by atoms with Gasteiger partial charge in [0.05, 0.1) is 22.5 Å². The largest absolute Gasteiger partial charge is 0.480 e. The van der Waals surface area contributed by atoms with Crippen molar-refractivity contribution in [3.8, 4) is 0 Å². The summed E-state index contributed by atoms with van der Waals surface area (Å²) in [6.07, 6.45) is 2.80. The Morgan fingerprint density at radius 3 is 2.90 bits per heavy atom. The normalized spacial score (nSPS) is 10.3. The third kappa shape index (κ3) is 3.58. The third-order valence-electron chi connectivity index (χ3n) is 2.36. The zero-order valence-electron chi connectivity index (χ0n) is 10.0. The van der Waals surface area contributed by atoms with Crippen LogP contribution in [-0.2, 0) is 11.3 Å². The van der Waals surface area contributed by atoms with E-state index in [1.54, 1.807) is 18.2 Å². The van der Waals surface area contributed by atoms with Gasteiger partial charge in [-0.25, -0.2) is 0 Å². The predicted octanol–water partition coefficient (Wildman–Crippen LogP) is 2.64. The summed E-state index contributed by atoms with van der Waals surface area (Å²) >= 11 is 9.21. The second-order valence-corrected chi connectivity index (χ2v) is 5.22. The minimum Gasteiger partial charge on any atom is -0.480 e. The fraction of sp³-hybridized carbons (Fsp3) is 0.0833. The quantitative estimate of drug-likeness (QED) is 0.880. The fourth-order valence-corrected chi connectivity index (χ4v) is 2.09. The number of carbonyl (C=O) groups excluding carboxylic acids is 1. The van der Waals surface area contributed by atoms with Crippen LogP contribution >= 0.6 is 27.5 Å². The third-order valence-corrected chi connectivity index (χ3v) is 3.18. The van der Waals surface area contributed by atoms with Gasteiger partial charge in [-0.2, -0.15) is 5.10 Å². The summed E-state index contributed by atoms with van der Waals surface area (Å²) in [5.74, 6) is -1.41. The Hall–Kier alpha value is -1.86. The van der Waals surface area contributed by atoms with E-state index < -0.39 is 11.9 Å². The smallest absolute Gasteiger partial charge is 0.325 e. The summed E-state index contributed by atoms with van der Waals surface area (Å²) in [6.45, 7) is -0.270. The maximum Gasteiger partial charge on any atom is 0.325 e. The van der Waals surface area contributed by atoms with E-state index in [1.165, 1.54) is 17.1 Å². The topological polar surface area (TPSA) is 84.2 Å². The fourth-order valence-electron chi connectivity index (χ4n) is 1.52. The molecular formula is C12H9BrClN3O3. The lowest BCUT2D eigenvalue weighted by Crippen LogP contribution is -2.12. The van der Waals surface area contributed by atoms with Crippen molar-refractivity contribution in [2.75, 3.05) is 5.32 Å². The van der Waals surface area contributed by atoms with E-state index in [1.807, 2.05) is 0 Å². The predicted molar refractivity (Wildman–Crippen MR) is 77.0 cm³/mol. The number of carbonyl (C=O) groups is 2. The number of nitrogens with zero attached hydrogens (tertiary/aromatic N) is 2. The van der Waals surface area contributed by atoms with Gasteiger partial charge in [-0.1, -0.05) is 27.5 Å². The molecule has 1 aromatic carbocycles. The van der Waals surface area contributed by atoms with Crippen LogP contribution in [0.3, 0.4) is 0 Å². The number of aliphatic carboxylic acids is 1. The van der Waals surface area contributed by atoms with Gasteiger partial charge in [0.1, 0.15) is 6.54 Å². The molecule has 1 amide bonds. The monoisotopic (exact) mass is 357 g/mol. The molecule has 1 heterocycles. The number of hydrogen-bond acceptors (Lipinski definition) is 3. The van der Waals surface area contributed by atoms with Crippen molar-refractivity contribution in [2.24, 2.45) is 0 Å². The van der Waals surface area contributed by atoms with E-state index in [2.05, 4.69) is 26.3 Å². The van der Waals surface area contributed by atoms with Crippen LogP contribution in [-0.4, -0.2) is 26.8 Å². The Bertz CT molecular complexity index is 672. The van der Waals surface area contributed by atoms with Crippen molar-refractivity contribution >= 4 is 45.1 Å². The Balaban J connectivity index is 2.13. The lowest BCUT2D eigenvalue weighted by molar-refractivity contribution is -0.137. The lowest BCUT2D eigenvalue weighted by Gasteiger charge is -2.05. The first-order valence-electron chi connectivity index (χ1n) is 5.46. The highest BCUT2D eigenvalue weighted by molar-refractivity contribution is 9.10. The summed E-state index contributed by atoms with van der Waals surface area (Å²) in [6, 6.07) is 4.93. The van der Waals surface area contributed by atoms with Crippen LogP contribution in [0.25, 0.3) is 0 Å². The molecule has 0 saturated heterocycles. The number of rotatable bonds is 4. The SMILES string of the molecule is O=C(O)Cn1cc(NC(=O)c2cc(Br)ccc2Cl)cn1. The Labute approximate surface area is 127 Å². The molecular weight excluding hydrogens is 350 g/mol. The van der Waals surface area contributed by atoms with Crippen LogP contribution in [0.4, 0.5) is 5.69 Å². The van der Waals surface area contributed by atoms with Crippen LogP contribution in [0.2, 0.25) is 5.02 Å². The van der Waals surface area contributed by atoms with Gasteiger partial charge in [-0.15, -0.1) is 0 Å². The van der Waals surface area contributed by atoms with E-state index in [-0.39, 0.29) is 6.54 Å². The second-order valence-electron chi connectivity index (χ2n) is 3.90. The zero-order valence-corrected chi connectivity index (χ0v) is 12.3. The molecule has 2 aromatic rings. The molecule has 0 unspecified atom stereocenters. The van der Waals surface area contributed by atoms with E-state index in [4.69, 9.17) is 16.7 Å². The average molecular weight is 359 g/mol. The molecule has 0 radical (unpaired) electrons. The van der Waals surface area contributed by atoms with Gasteiger partial charge in [0, 0.05) is 10.7 Å². The average Bonchev–Trinajstić information content (AvgIpc) is 2.78. The van der Waals surface area contributed by atoms with Gasteiger partial charge in [0.25, 0.3) is 5.91 Å². The van der Waals surface area contributed by atoms with Crippen LogP contribution in [0.1, 0.15) is 10.4 Å². The summed E-state index contributed by atoms with van der Waals surface area (Å²) in [5, 5.41) is 15.4. The van der Waals surface area contributed by atoms with Crippen molar-refractivity contribution < 1.29 is 14.7 Å². The highest BCUT2D eigenvalue weighted by Gasteiger charge is 2.12. The molecule has 0 spiro atoms.